The minimum Gasteiger partial charge on any atom is -0.385 e. The fourth-order valence-corrected chi connectivity index (χ4v) is 2.11. The van der Waals surface area contributed by atoms with Crippen LogP contribution >= 0.6 is 11.6 Å². The van der Waals surface area contributed by atoms with Gasteiger partial charge in [-0.15, -0.1) is 0 Å². The molecule has 0 radical (unpaired) electrons. The molecule has 1 fully saturated rings. The van der Waals surface area contributed by atoms with Crippen LogP contribution in [0.3, 0.4) is 0 Å². The van der Waals surface area contributed by atoms with E-state index in [0.29, 0.717) is 5.92 Å². The van der Waals surface area contributed by atoms with E-state index in [1.54, 1.807) is 0 Å². The molecule has 0 bridgehead atoms. The smallest absolute Gasteiger partial charge is 0.0871 e. The van der Waals surface area contributed by atoms with Crippen LogP contribution in [0.5, 0.6) is 0 Å². The van der Waals surface area contributed by atoms with Gasteiger partial charge in [0.15, 0.2) is 0 Å². The fourth-order valence-electron chi connectivity index (χ4n) is 1.93. The van der Waals surface area contributed by atoms with Gasteiger partial charge in [0.25, 0.3) is 0 Å². The van der Waals surface area contributed by atoms with Gasteiger partial charge in [-0.25, -0.2) is 0 Å². The van der Waals surface area contributed by atoms with Gasteiger partial charge in [-0.3, -0.25) is 0 Å². The Morgan fingerprint density at radius 1 is 1.47 bits per heavy atom. The summed E-state index contributed by atoms with van der Waals surface area (Å²) in [6.45, 7) is 3.86. The van der Waals surface area contributed by atoms with Gasteiger partial charge in [0, 0.05) is 5.02 Å². The Bertz CT molecular complexity index is 367. The van der Waals surface area contributed by atoms with Crippen LogP contribution in [-0.2, 0) is 5.60 Å². The number of benzene rings is 1. The van der Waals surface area contributed by atoms with E-state index in [2.05, 4.69) is 0 Å². The van der Waals surface area contributed by atoms with Gasteiger partial charge in [-0.05, 0) is 43.4 Å². The summed E-state index contributed by atoms with van der Waals surface area (Å²) in [4.78, 5) is 0. The van der Waals surface area contributed by atoms with Crippen LogP contribution in [0.4, 0.5) is 0 Å². The van der Waals surface area contributed by atoms with Crippen molar-refractivity contribution in [2.24, 2.45) is 5.92 Å². The summed E-state index contributed by atoms with van der Waals surface area (Å²) in [5.41, 5.74) is 1.27. The van der Waals surface area contributed by atoms with Crippen molar-refractivity contribution in [3.63, 3.8) is 0 Å². The molecule has 2 rings (SSSR count). The maximum Gasteiger partial charge on any atom is 0.0871 e. The van der Waals surface area contributed by atoms with E-state index < -0.39 is 5.60 Å². The molecule has 0 amide bonds. The Morgan fingerprint density at radius 2 is 2.13 bits per heavy atom. The molecule has 0 saturated heterocycles. The normalized spacial score (nSPS) is 20.0. The average Bonchev–Trinajstić information content (AvgIpc) is 2.92. The lowest BCUT2D eigenvalue weighted by Gasteiger charge is -2.24. The molecular weight excluding hydrogens is 208 g/mol. The monoisotopic (exact) mass is 224 g/mol. The van der Waals surface area contributed by atoms with Crippen molar-refractivity contribution in [3.05, 3.63) is 34.3 Å². The molecule has 1 aromatic rings. The van der Waals surface area contributed by atoms with Crippen molar-refractivity contribution in [3.8, 4) is 0 Å². The van der Waals surface area contributed by atoms with Crippen molar-refractivity contribution in [2.75, 3.05) is 0 Å². The lowest BCUT2D eigenvalue weighted by atomic mass is 9.90. The molecule has 1 aliphatic rings. The third-order valence-corrected chi connectivity index (χ3v) is 3.58. The van der Waals surface area contributed by atoms with E-state index in [9.17, 15) is 5.11 Å². The third kappa shape index (κ3) is 2.53. The summed E-state index contributed by atoms with van der Waals surface area (Å²) in [7, 11) is 0. The first-order valence-electron chi connectivity index (χ1n) is 5.48. The maximum absolute atomic E-state index is 10.4. The van der Waals surface area contributed by atoms with Crippen molar-refractivity contribution in [2.45, 2.75) is 38.7 Å². The first-order valence-corrected chi connectivity index (χ1v) is 5.86. The van der Waals surface area contributed by atoms with E-state index in [1.807, 2.05) is 32.0 Å². The van der Waals surface area contributed by atoms with Gasteiger partial charge in [-0.1, -0.05) is 36.6 Å². The second-order valence-corrected chi connectivity index (χ2v) is 5.29. The number of hydrogen-bond acceptors (Lipinski definition) is 1. The van der Waals surface area contributed by atoms with Gasteiger partial charge >= 0.3 is 0 Å². The maximum atomic E-state index is 10.4. The zero-order valence-electron chi connectivity index (χ0n) is 9.26. The molecule has 15 heavy (non-hydrogen) atoms. The molecule has 0 heterocycles. The highest BCUT2D eigenvalue weighted by molar-refractivity contribution is 6.31. The van der Waals surface area contributed by atoms with Gasteiger partial charge < -0.3 is 5.11 Å². The lowest BCUT2D eigenvalue weighted by Crippen LogP contribution is -2.21. The topological polar surface area (TPSA) is 20.2 Å². The molecule has 0 spiro atoms. The van der Waals surface area contributed by atoms with E-state index in [4.69, 9.17) is 11.6 Å². The van der Waals surface area contributed by atoms with Gasteiger partial charge in [0.05, 0.1) is 5.60 Å². The predicted molar refractivity (Wildman–Crippen MR) is 63.1 cm³/mol. The summed E-state index contributed by atoms with van der Waals surface area (Å²) < 4.78 is 0. The molecule has 82 valence electrons. The highest BCUT2D eigenvalue weighted by atomic mass is 35.5. The second-order valence-electron chi connectivity index (χ2n) is 4.89. The van der Waals surface area contributed by atoms with Gasteiger partial charge in [0.2, 0.25) is 0 Å². The summed E-state index contributed by atoms with van der Waals surface area (Å²) >= 11 is 6.06. The number of aryl methyl sites for hydroxylation is 1. The first-order chi connectivity index (χ1) is 6.99. The van der Waals surface area contributed by atoms with Crippen LogP contribution in [0.15, 0.2) is 18.2 Å². The third-order valence-electron chi connectivity index (χ3n) is 3.18. The Labute approximate surface area is 96.1 Å². The average molecular weight is 225 g/mol. The summed E-state index contributed by atoms with van der Waals surface area (Å²) in [5.74, 6) is 0.708. The first kappa shape index (κ1) is 11.0. The molecule has 1 aliphatic carbocycles. The molecule has 1 nitrogen and oxygen atoms in total. The zero-order valence-corrected chi connectivity index (χ0v) is 10.0. The lowest BCUT2D eigenvalue weighted by molar-refractivity contribution is 0.0417. The molecule has 1 N–H and O–H groups in total. The molecule has 1 saturated carbocycles. The Balaban J connectivity index is 2.22. The van der Waals surface area contributed by atoms with Gasteiger partial charge in [0.1, 0.15) is 0 Å². The van der Waals surface area contributed by atoms with Crippen molar-refractivity contribution in [1.29, 1.82) is 0 Å². The van der Waals surface area contributed by atoms with Crippen molar-refractivity contribution in [1.82, 2.24) is 0 Å². The Morgan fingerprint density at radius 3 is 2.67 bits per heavy atom. The highest BCUT2D eigenvalue weighted by Gasteiger charge is 2.33. The molecule has 1 aromatic carbocycles. The van der Waals surface area contributed by atoms with Crippen LogP contribution in [0, 0.1) is 12.8 Å². The molecule has 1 atom stereocenters. The molecule has 1 unspecified atom stereocenters. The number of aliphatic hydroxyl groups is 1. The number of rotatable bonds is 3. The summed E-state index contributed by atoms with van der Waals surface area (Å²) in [6.07, 6.45) is 3.37. The SMILES string of the molecule is Cc1ccc(C(C)(O)CC2CC2)cc1Cl. The molecule has 2 heteroatoms. The number of hydrogen-bond donors (Lipinski definition) is 1. The molecular formula is C13H17ClO. The van der Waals surface area contributed by atoms with E-state index in [0.717, 1.165) is 22.6 Å². The zero-order chi connectivity index (χ0) is 11.1. The minimum absolute atomic E-state index is 0.708. The predicted octanol–water partition coefficient (Wildman–Crippen LogP) is 3.66. The summed E-state index contributed by atoms with van der Waals surface area (Å²) in [6, 6.07) is 5.84. The van der Waals surface area contributed by atoms with Crippen molar-refractivity contribution < 1.29 is 5.11 Å². The number of halogens is 1. The van der Waals surface area contributed by atoms with Crippen LogP contribution < -0.4 is 0 Å². The van der Waals surface area contributed by atoms with E-state index in [1.165, 1.54) is 12.8 Å². The van der Waals surface area contributed by atoms with E-state index >= 15 is 0 Å². The summed E-state index contributed by atoms with van der Waals surface area (Å²) in [5, 5.41) is 11.1. The van der Waals surface area contributed by atoms with Crippen LogP contribution in [0.2, 0.25) is 5.02 Å². The minimum atomic E-state index is -0.724. The molecule has 0 aromatic heterocycles. The highest BCUT2D eigenvalue weighted by Crippen LogP contribution is 2.41. The van der Waals surface area contributed by atoms with Crippen LogP contribution in [-0.4, -0.2) is 5.11 Å². The Hall–Kier alpha value is -0.530. The fraction of sp³-hybridized carbons (Fsp3) is 0.538. The molecule has 0 aliphatic heterocycles. The standard InChI is InChI=1S/C13H17ClO/c1-9-3-6-11(7-12(9)14)13(2,15)8-10-4-5-10/h3,6-7,10,15H,4-5,8H2,1-2H3. The van der Waals surface area contributed by atoms with Gasteiger partial charge in [-0.2, -0.15) is 0 Å². The van der Waals surface area contributed by atoms with Crippen molar-refractivity contribution >= 4 is 11.6 Å². The van der Waals surface area contributed by atoms with E-state index in [-0.39, 0.29) is 0 Å². The quantitative estimate of drug-likeness (QED) is 0.831. The largest absolute Gasteiger partial charge is 0.385 e. The Kier molecular flexibility index (Phi) is 2.78. The van der Waals surface area contributed by atoms with Crippen LogP contribution in [0.1, 0.15) is 37.3 Å². The second kappa shape index (κ2) is 3.80. The van der Waals surface area contributed by atoms with Crippen LogP contribution in [0.25, 0.3) is 0 Å².